The molecule has 1 unspecified atom stereocenters. The molecule has 136 valence electrons. The van der Waals surface area contributed by atoms with Crippen LogP contribution in [-0.2, 0) is 16.3 Å². The largest absolute Gasteiger partial charge is 0.429 e. The molecule has 2 aromatic carbocycles. The Hall–Kier alpha value is -2.19. The highest BCUT2D eigenvalue weighted by Gasteiger charge is 2.22. The normalized spacial score (nSPS) is 13.0. The van der Waals surface area contributed by atoms with Crippen LogP contribution in [-0.4, -0.2) is 16.7 Å². The van der Waals surface area contributed by atoms with E-state index in [4.69, 9.17) is 37.5 Å². The number of oxazole rings is 1. The van der Waals surface area contributed by atoms with Gasteiger partial charge in [-0.25, -0.2) is 0 Å². The Balaban J connectivity index is 1.61. The number of para-hydroxylation sites is 3. The Labute approximate surface area is 161 Å². The van der Waals surface area contributed by atoms with Crippen molar-refractivity contribution < 1.29 is 13.5 Å². The maximum Gasteiger partial charge on any atom is 0.341 e. The summed E-state index contributed by atoms with van der Waals surface area (Å²) in [5, 5.41) is 3.12. The fraction of sp³-hybridized carbons (Fsp3) is 0.125. The van der Waals surface area contributed by atoms with Crippen molar-refractivity contribution in [3.8, 4) is 5.75 Å². The Kier molecular flexibility index (Phi) is 6.05. The number of benzene rings is 2. The lowest BCUT2D eigenvalue weighted by Gasteiger charge is -2.24. The van der Waals surface area contributed by atoms with Gasteiger partial charge in [0.05, 0.1) is 6.61 Å². The van der Waals surface area contributed by atoms with Gasteiger partial charge < -0.3 is 13.5 Å². The van der Waals surface area contributed by atoms with E-state index < -0.39 is 6.64 Å². The first-order valence-electron chi connectivity index (χ1n) is 7.77. The average Bonchev–Trinajstić information content (AvgIpc) is 3.04. The highest BCUT2D eigenvalue weighted by atomic mass is 32.5. The van der Waals surface area contributed by atoms with E-state index in [2.05, 4.69) is 20.9 Å². The number of hydrazine groups is 1. The van der Waals surface area contributed by atoms with Gasteiger partial charge in [0.1, 0.15) is 11.3 Å². The molecule has 0 aliphatic carbocycles. The van der Waals surface area contributed by atoms with E-state index in [-0.39, 0.29) is 11.1 Å². The third-order valence-corrected chi connectivity index (χ3v) is 5.80. The van der Waals surface area contributed by atoms with Crippen LogP contribution >= 0.6 is 18.9 Å². The van der Waals surface area contributed by atoms with Crippen LogP contribution in [0.2, 0.25) is 0 Å². The van der Waals surface area contributed by atoms with Gasteiger partial charge in [-0.2, -0.15) is 4.98 Å². The molecule has 1 heterocycles. The molecule has 0 aliphatic heterocycles. The molecule has 0 saturated heterocycles. The second-order valence-corrected chi connectivity index (χ2v) is 8.51. The van der Waals surface area contributed by atoms with Gasteiger partial charge in [0.2, 0.25) is 0 Å². The van der Waals surface area contributed by atoms with E-state index in [1.165, 1.54) is 0 Å². The Morgan fingerprint density at radius 3 is 2.62 bits per heavy atom. The number of thiocarbonyl (C=S) groups is 1. The summed E-state index contributed by atoms with van der Waals surface area (Å²) in [4.78, 5) is 4.28. The molecule has 0 saturated carbocycles. The summed E-state index contributed by atoms with van der Waals surface area (Å²) in [6.07, 6.45) is 0. The van der Waals surface area contributed by atoms with Crippen molar-refractivity contribution >= 4 is 52.9 Å². The summed E-state index contributed by atoms with van der Waals surface area (Å²) in [7, 11) is 0. The second-order valence-electron chi connectivity index (χ2n) is 5.00. The molecule has 0 amide bonds. The molecule has 0 aliphatic rings. The van der Waals surface area contributed by atoms with Crippen molar-refractivity contribution in [1.29, 1.82) is 0 Å². The predicted molar refractivity (Wildman–Crippen MR) is 109 cm³/mol. The summed E-state index contributed by atoms with van der Waals surface area (Å²) in [5.41, 5.74) is 6.97. The molecule has 0 bridgehead atoms. The lowest BCUT2D eigenvalue weighted by Crippen LogP contribution is -2.38. The lowest BCUT2D eigenvalue weighted by molar-refractivity contribution is 0.327. The zero-order valence-electron chi connectivity index (χ0n) is 13.8. The number of hydrogen-bond acceptors (Lipinski definition) is 7. The fourth-order valence-electron chi connectivity index (χ4n) is 2.06. The summed E-state index contributed by atoms with van der Waals surface area (Å²) in [5.74, 6) is 0.603. The maximum atomic E-state index is 5.81. The lowest BCUT2D eigenvalue weighted by atomic mass is 10.3. The molecule has 1 atom stereocenters. The number of anilines is 1. The van der Waals surface area contributed by atoms with E-state index in [9.17, 15) is 0 Å². The topological polar surface area (TPSA) is 80.6 Å². The third-order valence-electron chi connectivity index (χ3n) is 3.08. The van der Waals surface area contributed by atoms with Gasteiger partial charge in [0.25, 0.3) is 0 Å². The number of aromatic nitrogens is 1. The van der Waals surface area contributed by atoms with E-state index in [1.54, 1.807) is 12.1 Å². The highest BCUT2D eigenvalue weighted by molar-refractivity contribution is 8.09. The second kappa shape index (κ2) is 8.46. The standard InChI is InChI=1S/C16H17N4O3PS2/c1-2-21-24(26,23-12-8-4-3-5-9-12)20-16(25)19-18-15-17-13-10-6-7-11-14(13)22-15/h3-11H,2H2,1H3,(H,17,18)(H2,19,20,25,26). The van der Waals surface area contributed by atoms with Crippen LogP contribution in [0.4, 0.5) is 6.01 Å². The molecular weight excluding hydrogens is 391 g/mol. The summed E-state index contributed by atoms with van der Waals surface area (Å²) in [6.45, 7) is -0.634. The van der Waals surface area contributed by atoms with Crippen LogP contribution in [0.15, 0.2) is 59.0 Å². The predicted octanol–water partition coefficient (Wildman–Crippen LogP) is 3.96. The number of rotatable bonds is 7. The smallest absolute Gasteiger partial charge is 0.341 e. The average molecular weight is 408 g/mol. The molecule has 3 aromatic rings. The zero-order valence-corrected chi connectivity index (χ0v) is 16.4. The van der Waals surface area contributed by atoms with Crippen molar-refractivity contribution in [3.05, 3.63) is 54.6 Å². The van der Waals surface area contributed by atoms with Crippen molar-refractivity contribution in [1.82, 2.24) is 15.5 Å². The summed E-state index contributed by atoms with van der Waals surface area (Å²) in [6, 6.07) is 16.9. The molecule has 7 nitrogen and oxygen atoms in total. The van der Waals surface area contributed by atoms with Crippen molar-refractivity contribution in [3.63, 3.8) is 0 Å². The van der Waals surface area contributed by atoms with E-state index >= 15 is 0 Å². The first-order valence-corrected chi connectivity index (χ1v) is 10.8. The fourth-order valence-corrected chi connectivity index (χ4v) is 4.70. The maximum absolute atomic E-state index is 5.81. The zero-order chi connectivity index (χ0) is 18.4. The molecule has 10 heteroatoms. The van der Waals surface area contributed by atoms with Crippen LogP contribution < -0.4 is 20.5 Å². The first-order chi connectivity index (χ1) is 12.6. The van der Waals surface area contributed by atoms with Crippen molar-refractivity contribution in [2.75, 3.05) is 12.0 Å². The van der Waals surface area contributed by atoms with Crippen LogP contribution in [0.1, 0.15) is 6.92 Å². The Bertz CT molecular complexity index is 902. The Morgan fingerprint density at radius 1 is 1.15 bits per heavy atom. The van der Waals surface area contributed by atoms with Gasteiger partial charge in [0.15, 0.2) is 10.7 Å². The minimum atomic E-state index is -2.86. The van der Waals surface area contributed by atoms with Crippen molar-refractivity contribution in [2.24, 2.45) is 0 Å². The summed E-state index contributed by atoms with van der Waals surface area (Å²) >= 11 is 10.8. The van der Waals surface area contributed by atoms with Crippen LogP contribution in [0, 0.1) is 0 Å². The molecule has 0 spiro atoms. The van der Waals surface area contributed by atoms with Gasteiger partial charge in [-0.05, 0) is 55.2 Å². The summed E-state index contributed by atoms with van der Waals surface area (Å²) < 4.78 is 17.0. The number of fused-ring (bicyclic) bond motifs is 1. The van der Waals surface area contributed by atoms with Crippen LogP contribution in [0.5, 0.6) is 5.75 Å². The third kappa shape index (κ3) is 4.92. The van der Waals surface area contributed by atoms with E-state index in [1.807, 2.05) is 49.4 Å². The quantitative estimate of drug-likeness (QED) is 0.306. The SMILES string of the molecule is CCOP(=S)(NC(=S)NNc1nc2ccccc2o1)Oc1ccccc1. The van der Waals surface area contributed by atoms with Gasteiger partial charge in [-0.15, -0.1) is 0 Å². The highest BCUT2D eigenvalue weighted by Crippen LogP contribution is 2.44. The minimum absolute atomic E-state index is 0.208. The number of nitrogens with zero attached hydrogens (tertiary/aromatic N) is 1. The van der Waals surface area contributed by atoms with E-state index in [0.717, 1.165) is 5.52 Å². The molecule has 0 radical (unpaired) electrons. The molecule has 3 rings (SSSR count). The van der Waals surface area contributed by atoms with Gasteiger partial charge in [-0.3, -0.25) is 15.9 Å². The minimum Gasteiger partial charge on any atom is -0.429 e. The van der Waals surface area contributed by atoms with Crippen LogP contribution in [0.25, 0.3) is 11.1 Å². The first kappa shape index (κ1) is 18.6. The van der Waals surface area contributed by atoms with Gasteiger partial charge in [-0.1, -0.05) is 30.3 Å². The molecule has 3 N–H and O–H groups in total. The van der Waals surface area contributed by atoms with Crippen LogP contribution in [0.3, 0.4) is 0 Å². The van der Waals surface area contributed by atoms with Crippen molar-refractivity contribution in [2.45, 2.75) is 6.92 Å². The van der Waals surface area contributed by atoms with E-state index in [0.29, 0.717) is 17.9 Å². The molecule has 26 heavy (non-hydrogen) atoms. The number of nitrogens with one attached hydrogen (secondary N) is 3. The molecule has 1 aromatic heterocycles. The molecular formula is C16H17N4O3PS2. The monoisotopic (exact) mass is 408 g/mol. The van der Waals surface area contributed by atoms with Gasteiger partial charge in [0, 0.05) is 0 Å². The Morgan fingerprint density at radius 2 is 1.88 bits per heavy atom. The molecule has 0 fully saturated rings. The van der Waals surface area contributed by atoms with Gasteiger partial charge >= 0.3 is 12.7 Å². The number of hydrogen-bond donors (Lipinski definition) is 3.